The second-order valence-electron chi connectivity index (χ2n) is 1.67. The quantitative estimate of drug-likeness (QED) is 0.565. The summed E-state index contributed by atoms with van der Waals surface area (Å²) >= 11 is 11.0. The molecule has 1 aromatic heterocycles. The molecule has 1 N–H and O–H groups in total. The van der Waals surface area contributed by atoms with Gasteiger partial charge < -0.3 is 9.68 Å². The molecule has 57 valence electrons. The molecule has 0 atom stereocenters. The van der Waals surface area contributed by atoms with Gasteiger partial charge in [0.05, 0.1) is 0 Å². The van der Waals surface area contributed by atoms with E-state index < -0.39 is 0 Å². The number of aromatic nitrogens is 1. The van der Waals surface area contributed by atoms with Crippen molar-refractivity contribution < 1.29 is 9.68 Å². The highest BCUT2D eigenvalue weighted by Gasteiger charge is 1.99. The standard InChI is InChI=1S/C5H3BCl2NO2/c7-4-1-3(11-6-10)2-5(8)9-4/h1-2,10H. The van der Waals surface area contributed by atoms with Crippen LogP contribution in [-0.2, 0) is 0 Å². The summed E-state index contributed by atoms with van der Waals surface area (Å²) in [5.74, 6) is 0.345. The first kappa shape index (κ1) is 8.65. The van der Waals surface area contributed by atoms with E-state index in [-0.39, 0.29) is 10.3 Å². The summed E-state index contributed by atoms with van der Waals surface area (Å²) in [6.07, 6.45) is 0. The average molecular weight is 191 g/mol. The third-order valence-electron chi connectivity index (χ3n) is 0.925. The molecule has 0 aliphatic heterocycles. The fourth-order valence-electron chi connectivity index (χ4n) is 0.572. The van der Waals surface area contributed by atoms with Crippen molar-refractivity contribution in [2.24, 2.45) is 0 Å². The van der Waals surface area contributed by atoms with Crippen molar-refractivity contribution in [2.45, 2.75) is 0 Å². The first-order valence-corrected chi connectivity index (χ1v) is 3.43. The SMILES string of the molecule is O[B]Oc1cc(Cl)nc(Cl)c1. The molecule has 3 nitrogen and oxygen atoms in total. The molecule has 0 aliphatic carbocycles. The van der Waals surface area contributed by atoms with Crippen LogP contribution in [0.4, 0.5) is 0 Å². The van der Waals surface area contributed by atoms with E-state index in [1.54, 1.807) is 0 Å². The summed E-state index contributed by atoms with van der Waals surface area (Å²) in [7, 11) is 0.544. The largest absolute Gasteiger partial charge is 0.569 e. The highest BCUT2D eigenvalue weighted by molar-refractivity contribution is 6.32. The van der Waals surface area contributed by atoms with Gasteiger partial charge in [0.1, 0.15) is 16.1 Å². The minimum absolute atomic E-state index is 0.217. The van der Waals surface area contributed by atoms with Gasteiger partial charge in [-0.1, -0.05) is 23.2 Å². The van der Waals surface area contributed by atoms with Crippen LogP contribution in [0.5, 0.6) is 5.75 Å². The predicted molar refractivity (Wildman–Crippen MR) is 42.9 cm³/mol. The minimum atomic E-state index is 0.217. The van der Waals surface area contributed by atoms with Gasteiger partial charge in [-0.25, -0.2) is 4.98 Å². The maximum Gasteiger partial charge on any atom is 0.569 e. The third kappa shape index (κ3) is 2.57. The number of rotatable bonds is 2. The Morgan fingerprint density at radius 1 is 1.36 bits per heavy atom. The van der Waals surface area contributed by atoms with Crippen molar-refractivity contribution >= 4 is 30.9 Å². The lowest BCUT2D eigenvalue weighted by Gasteiger charge is -2.00. The Balaban J connectivity index is 2.89. The van der Waals surface area contributed by atoms with Gasteiger partial charge in [-0.2, -0.15) is 0 Å². The van der Waals surface area contributed by atoms with Gasteiger partial charge in [-0.05, 0) is 0 Å². The molecular weight excluding hydrogens is 188 g/mol. The van der Waals surface area contributed by atoms with Crippen molar-refractivity contribution in [3.8, 4) is 5.75 Å². The molecule has 0 spiro atoms. The molecule has 6 heteroatoms. The van der Waals surface area contributed by atoms with E-state index in [2.05, 4.69) is 9.64 Å². The van der Waals surface area contributed by atoms with Gasteiger partial charge in [0.25, 0.3) is 0 Å². The lowest BCUT2D eigenvalue weighted by molar-refractivity contribution is 0.453. The zero-order chi connectivity index (χ0) is 8.27. The highest BCUT2D eigenvalue weighted by atomic mass is 35.5. The van der Waals surface area contributed by atoms with E-state index in [4.69, 9.17) is 28.2 Å². The van der Waals surface area contributed by atoms with Crippen LogP contribution >= 0.6 is 23.2 Å². The van der Waals surface area contributed by atoms with E-state index in [1.807, 2.05) is 0 Å². The first-order valence-electron chi connectivity index (χ1n) is 2.68. The smallest absolute Gasteiger partial charge is 0.537 e. The monoisotopic (exact) mass is 190 g/mol. The van der Waals surface area contributed by atoms with Crippen LogP contribution in [0.25, 0.3) is 0 Å². The van der Waals surface area contributed by atoms with Gasteiger partial charge in [-0.15, -0.1) is 0 Å². The second kappa shape index (κ2) is 3.81. The van der Waals surface area contributed by atoms with Gasteiger partial charge in [-0.3, -0.25) is 0 Å². The Labute approximate surface area is 74.2 Å². The molecule has 0 saturated heterocycles. The molecule has 1 heterocycles. The van der Waals surface area contributed by atoms with Crippen LogP contribution in [-0.4, -0.2) is 17.7 Å². The molecule has 0 saturated carbocycles. The van der Waals surface area contributed by atoms with E-state index in [0.717, 1.165) is 0 Å². The molecule has 0 fully saturated rings. The van der Waals surface area contributed by atoms with Gasteiger partial charge >= 0.3 is 7.69 Å². The third-order valence-corrected chi connectivity index (χ3v) is 1.31. The second-order valence-corrected chi connectivity index (χ2v) is 2.45. The molecule has 0 aromatic carbocycles. The van der Waals surface area contributed by atoms with Crippen LogP contribution in [0.2, 0.25) is 10.3 Å². The fraction of sp³-hybridized carbons (Fsp3) is 0. The summed E-state index contributed by atoms with van der Waals surface area (Å²) in [6, 6.07) is 2.86. The predicted octanol–water partition coefficient (Wildman–Crippen LogP) is 1.29. The van der Waals surface area contributed by atoms with Crippen molar-refractivity contribution in [1.29, 1.82) is 0 Å². The Kier molecular flexibility index (Phi) is 2.99. The zero-order valence-corrected chi connectivity index (χ0v) is 6.80. The number of nitrogens with zero attached hydrogens (tertiary/aromatic N) is 1. The summed E-state index contributed by atoms with van der Waals surface area (Å²) in [6.45, 7) is 0. The molecule has 0 amide bonds. The van der Waals surface area contributed by atoms with Crippen LogP contribution in [0, 0.1) is 0 Å². The van der Waals surface area contributed by atoms with Crippen LogP contribution in [0.1, 0.15) is 0 Å². The Hall–Kier alpha value is -0.445. The summed E-state index contributed by atoms with van der Waals surface area (Å²) in [4.78, 5) is 3.67. The van der Waals surface area contributed by atoms with Crippen molar-refractivity contribution in [3.63, 3.8) is 0 Å². The summed E-state index contributed by atoms with van der Waals surface area (Å²) < 4.78 is 4.59. The molecule has 0 aliphatic rings. The maximum atomic E-state index is 8.25. The maximum absolute atomic E-state index is 8.25. The minimum Gasteiger partial charge on any atom is -0.537 e. The van der Waals surface area contributed by atoms with Gasteiger partial charge in [0, 0.05) is 12.1 Å². The van der Waals surface area contributed by atoms with E-state index in [0.29, 0.717) is 13.4 Å². The molecule has 0 bridgehead atoms. The van der Waals surface area contributed by atoms with Gasteiger partial charge in [0.2, 0.25) is 0 Å². The van der Waals surface area contributed by atoms with E-state index in [1.165, 1.54) is 12.1 Å². The molecule has 1 radical (unpaired) electrons. The number of hydrogen-bond acceptors (Lipinski definition) is 3. The first-order chi connectivity index (χ1) is 5.22. The normalized spacial score (nSPS) is 9.36. The number of halogens is 2. The fourth-order valence-corrected chi connectivity index (χ4v) is 1.01. The van der Waals surface area contributed by atoms with Crippen LogP contribution in [0.3, 0.4) is 0 Å². The lowest BCUT2D eigenvalue weighted by atomic mass is 10.4. The highest BCUT2D eigenvalue weighted by Crippen LogP contribution is 2.19. The molecular formula is C5H3BCl2NO2. The molecule has 11 heavy (non-hydrogen) atoms. The molecule has 1 rings (SSSR count). The lowest BCUT2D eigenvalue weighted by Crippen LogP contribution is -1.99. The molecule has 0 unspecified atom stereocenters. The number of pyridine rings is 1. The van der Waals surface area contributed by atoms with Crippen LogP contribution < -0.4 is 4.65 Å². The summed E-state index contributed by atoms with van der Waals surface area (Å²) in [5, 5.41) is 8.68. The van der Waals surface area contributed by atoms with Crippen molar-refractivity contribution in [2.75, 3.05) is 0 Å². The van der Waals surface area contributed by atoms with Gasteiger partial charge in [0.15, 0.2) is 0 Å². The van der Waals surface area contributed by atoms with Crippen molar-refractivity contribution in [1.82, 2.24) is 4.98 Å². The summed E-state index contributed by atoms with van der Waals surface area (Å²) in [5.41, 5.74) is 0. The topological polar surface area (TPSA) is 42.4 Å². The average Bonchev–Trinajstić information content (AvgIpc) is 1.85. The van der Waals surface area contributed by atoms with E-state index in [9.17, 15) is 0 Å². The van der Waals surface area contributed by atoms with Crippen molar-refractivity contribution in [3.05, 3.63) is 22.4 Å². The van der Waals surface area contributed by atoms with E-state index >= 15 is 0 Å². The Bertz CT molecular complexity index is 238. The molecule has 1 aromatic rings. The zero-order valence-electron chi connectivity index (χ0n) is 5.29. The number of hydrogen-bond donors (Lipinski definition) is 1. The Morgan fingerprint density at radius 3 is 2.36 bits per heavy atom. The Morgan fingerprint density at radius 2 is 1.91 bits per heavy atom. The van der Waals surface area contributed by atoms with Crippen LogP contribution in [0.15, 0.2) is 12.1 Å².